The van der Waals surface area contributed by atoms with Crippen LogP contribution in [0, 0.1) is 0 Å². The molecule has 0 aliphatic rings. The Morgan fingerprint density at radius 3 is 2.56 bits per heavy atom. The lowest BCUT2D eigenvalue weighted by atomic mass is 10.2. The van der Waals surface area contributed by atoms with Crippen molar-refractivity contribution in [1.29, 1.82) is 0 Å². The minimum atomic E-state index is -1.71. The van der Waals surface area contributed by atoms with Gasteiger partial charge in [-0.25, -0.2) is 4.79 Å². The number of hydrogen-bond donors (Lipinski definition) is 0. The number of benzene rings is 1. The van der Waals surface area contributed by atoms with Crippen molar-refractivity contribution < 1.29 is 13.9 Å². The fourth-order valence-corrected chi connectivity index (χ4v) is 4.25. The fourth-order valence-electron chi connectivity index (χ4n) is 2.05. The average molecular weight is 327 g/mol. The third kappa shape index (κ3) is 2.24. The number of fused-ring (bicyclic) bond motifs is 1. The van der Waals surface area contributed by atoms with Gasteiger partial charge in [-0.05, 0) is 23.4 Å². The highest BCUT2D eigenvalue weighted by Crippen LogP contribution is 2.25. The van der Waals surface area contributed by atoms with Crippen LogP contribution in [-0.2, 0) is 4.74 Å². The molecule has 1 aromatic heterocycles. The zero-order chi connectivity index (χ0) is 13.5. The van der Waals surface area contributed by atoms with E-state index >= 15 is 0 Å². The molecule has 0 aliphatic heterocycles. The van der Waals surface area contributed by atoms with Crippen LogP contribution < -0.4 is 5.19 Å². The molecule has 0 fully saturated rings. The highest BCUT2D eigenvalue weighted by Gasteiger charge is 2.30. The van der Waals surface area contributed by atoms with E-state index in [-0.39, 0.29) is 0 Å². The number of furan rings is 1. The van der Waals surface area contributed by atoms with Crippen molar-refractivity contribution in [3.8, 4) is 0 Å². The lowest BCUT2D eigenvalue weighted by Crippen LogP contribution is -2.40. The minimum absolute atomic E-state index is 0.352. The first-order chi connectivity index (χ1) is 8.34. The second-order valence-corrected chi connectivity index (χ2v) is 11.1. The van der Waals surface area contributed by atoms with Gasteiger partial charge in [0.2, 0.25) is 5.76 Å². The van der Waals surface area contributed by atoms with Gasteiger partial charge in [-0.1, -0.05) is 35.6 Å². The van der Waals surface area contributed by atoms with Crippen molar-refractivity contribution in [3.63, 3.8) is 0 Å². The predicted octanol–water partition coefficient (Wildman–Crippen LogP) is 3.53. The van der Waals surface area contributed by atoms with E-state index in [4.69, 9.17) is 9.15 Å². The maximum atomic E-state index is 11.8. The van der Waals surface area contributed by atoms with Crippen molar-refractivity contribution in [2.24, 2.45) is 0 Å². The first-order valence-corrected chi connectivity index (χ1v) is 9.94. The normalized spacial score (nSPS) is 11.8. The highest BCUT2D eigenvalue weighted by molar-refractivity contribution is 9.10. The summed E-state index contributed by atoms with van der Waals surface area (Å²) in [6.07, 6.45) is 0. The minimum Gasteiger partial charge on any atom is -0.463 e. The molecular weight excluding hydrogens is 312 g/mol. The molecule has 2 rings (SSSR count). The molecule has 2 aromatic rings. The molecule has 0 aliphatic carbocycles. The molecule has 5 heteroatoms. The van der Waals surface area contributed by atoms with Crippen molar-refractivity contribution in [3.05, 3.63) is 28.4 Å². The maximum Gasteiger partial charge on any atom is 0.373 e. The third-order valence-electron chi connectivity index (χ3n) is 2.77. The third-order valence-corrected chi connectivity index (χ3v) is 5.26. The molecule has 0 spiro atoms. The maximum absolute atomic E-state index is 11.8. The summed E-state index contributed by atoms with van der Waals surface area (Å²) in [5.74, 6) is -0.0514. The number of esters is 1. The van der Waals surface area contributed by atoms with E-state index < -0.39 is 14.0 Å². The lowest BCUT2D eigenvalue weighted by molar-refractivity contribution is 0.0569. The molecule has 1 heterocycles. The Balaban J connectivity index is 2.82. The summed E-state index contributed by atoms with van der Waals surface area (Å²) in [6, 6.07) is 5.77. The molecule has 0 N–H and O–H groups in total. The average Bonchev–Trinajstić information content (AvgIpc) is 2.65. The van der Waals surface area contributed by atoms with Crippen LogP contribution >= 0.6 is 15.9 Å². The largest absolute Gasteiger partial charge is 0.463 e. The molecule has 0 saturated heterocycles. The van der Waals surface area contributed by atoms with E-state index in [9.17, 15) is 4.79 Å². The molecule has 96 valence electrons. The van der Waals surface area contributed by atoms with Gasteiger partial charge in [-0.3, -0.25) is 0 Å². The molecule has 0 saturated carbocycles. The van der Waals surface area contributed by atoms with Gasteiger partial charge in [-0.15, -0.1) is 0 Å². The second-order valence-electron chi connectivity index (χ2n) is 5.19. The zero-order valence-electron chi connectivity index (χ0n) is 10.8. The van der Waals surface area contributed by atoms with E-state index in [1.807, 2.05) is 18.2 Å². The van der Waals surface area contributed by atoms with Crippen molar-refractivity contribution in [2.75, 3.05) is 7.11 Å². The van der Waals surface area contributed by atoms with Crippen molar-refractivity contribution in [2.45, 2.75) is 19.6 Å². The Bertz CT molecular complexity index is 610. The smallest absolute Gasteiger partial charge is 0.373 e. The number of ether oxygens (including phenoxy) is 1. The number of hydrogen-bond acceptors (Lipinski definition) is 3. The molecule has 0 bridgehead atoms. The van der Waals surface area contributed by atoms with E-state index in [1.54, 1.807) is 0 Å². The quantitative estimate of drug-likeness (QED) is 0.626. The second kappa shape index (κ2) is 4.55. The van der Waals surface area contributed by atoms with Gasteiger partial charge in [0, 0.05) is 9.86 Å². The molecular formula is C13H15BrO3Si. The monoisotopic (exact) mass is 326 g/mol. The van der Waals surface area contributed by atoms with Crippen molar-refractivity contribution in [1.82, 2.24) is 0 Å². The number of rotatable bonds is 2. The Labute approximate surface area is 115 Å². The molecule has 18 heavy (non-hydrogen) atoms. The van der Waals surface area contributed by atoms with E-state index in [0.29, 0.717) is 5.76 Å². The topological polar surface area (TPSA) is 39.4 Å². The summed E-state index contributed by atoms with van der Waals surface area (Å²) < 4.78 is 11.5. The summed E-state index contributed by atoms with van der Waals surface area (Å²) in [5, 5.41) is 2.02. The van der Waals surface area contributed by atoms with Crippen LogP contribution in [0.1, 0.15) is 10.6 Å². The number of carbonyl (C=O) groups excluding carboxylic acids is 1. The molecule has 0 unspecified atom stereocenters. The van der Waals surface area contributed by atoms with Crippen LogP contribution in [0.25, 0.3) is 11.0 Å². The van der Waals surface area contributed by atoms with E-state index in [1.165, 1.54) is 7.11 Å². The summed E-state index contributed by atoms with van der Waals surface area (Å²) in [6.45, 7) is 6.56. The summed E-state index contributed by atoms with van der Waals surface area (Å²) in [5.41, 5.74) is 0.732. The van der Waals surface area contributed by atoms with Gasteiger partial charge in [0.1, 0.15) is 5.58 Å². The number of methoxy groups -OCH3 is 1. The summed E-state index contributed by atoms with van der Waals surface area (Å²) in [4.78, 5) is 11.8. The first kappa shape index (κ1) is 13.4. The van der Waals surface area contributed by atoms with Crippen molar-refractivity contribution >= 4 is 46.1 Å². The molecule has 3 nitrogen and oxygen atoms in total. The highest BCUT2D eigenvalue weighted by atomic mass is 79.9. The SMILES string of the molecule is COC(=O)c1oc2ccc(Br)cc2c1[Si](C)(C)C. The predicted molar refractivity (Wildman–Crippen MR) is 78.2 cm³/mol. The van der Waals surface area contributed by atoms with Gasteiger partial charge in [-0.2, -0.15) is 0 Å². The Morgan fingerprint density at radius 1 is 1.33 bits per heavy atom. The van der Waals surface area contributed by atoms with E-state index in [2.05, 4.69) is 35.6 Å². The fraction of sp³-hybridized carbons (Fsp3) is 0.308. The van der Waals surface area contributed by atoms with Crippen LogP contribution in [0.5, 0.6) is 0 Å². The van der Waals surface area contributed by atoms with Crippen LogP contribution in [0.3, 0.4) is 0 Å². The summed E-state index contributed by atoms with van der Waals surface area (Å²) >= 11 is 3.45. The summed E-state index contributed by atoms with van der Waals surface area (Å²) in [7, 11) is -0.333. The van der Waals surface area contributed by atoms with Crippen LogP contribution in [-0.4, -0.2) is 21.2 Å². The Hall–Kier alpha value is -1.07. The van der Waals surface area contributed by atoms with Crippen LogP contribution in [0.4, 0.5) is 0 Å². The van der Waals surface area contributed by atoms with Gasteiger partial charge >= 0.3 is 5.97 Å². The number of halogens is 1. The van der Waals surface area contributed by atoms with Gasteiger partial charge in [0.05, 0.1) is 15.2 Å². The number of carbonyl (C=O) groups is 1. The molecule has 1 aromatic carbocycles. The van der Waals surface area contributed by atoms with Gasteiger partial charge < -0.3 is 9.15 Å². The van der Waals surface area contributed by atoms with E-state index in [0.717, 1.165) is 20.6 Å². The zero-order valence-corrected chi connectivity index (χ0v) is 13.4. The molecule has 0 amide bonds. The first-order valence-electron chi connectivity index (χ1n) is 5.65. The molecule has 0 atom stereocenters. The van der Waals surface area contributed by atoms with Gasteiger partial charge in [0.15, 0.2) is 0 Å². The van der Waals surface area contributed by atoms with Crippen LogP contribution in [0.15, 0.2) is 27.1 Å². The lowest BCUT2D eigenvalue weighted by Gasteiger charge is -2.16. The standard InChI is InChI=1S/C13H15BrO3Si/c1-16-13(15)11-12(18(2,3)4)9-7-8(14)5-6-10(9)17-11/h5-7H,1-4H3. The molecule has 0 radical (unpaired) electrons. The van der Waals surface area contributed by atoms with Crippen LogP contribution in [0.2, 0.25) is 19.6 Å². The Morgan fingerprint density at radius 2 is 2.00 bits per heavy atom. The van der Waals surface area contributed by atoms with Gasteiger partial charge in [0.25, 0.3) is 0 Å². The Kier molecular flexibility index (Phi) is 3.38.